The van der Waals surface area contributed by atoms with E-state index in [2.05, 4.69) is 0 Å². The molecule has 5 heteroatoms. The van der Waals surface area contributed by atoms with E-state index in [-0.39, 0.29) is 0 Å². The van der Waals surface area contributed by atoms with Gasteiger partial charge in [0, 0.05) is 25.1 Å². The number of aliphatic carboxylic acids is 1. The maximum Gasteiger partial charge on any atom is 0.320 e. The summed E-state index contributed by atoms with van der Waals surface area (Å²) in [6.07, 6.45) is 2.17. The van der Waals surface area contributed by atoms with Gasteiger partial charge in [0.05, 0.1) is 10.5 Å². The molecule has 1 atom stereocenters. The lowest BCUT2D eigenvalue weighted by atomic mass is 10.1. The van der Waals surface area contributed by atoms with E-state index in [4.69, 9.17) is 22.4 Å². The highest BCUT2D eigenvalue weighted by molar-refractivity contribution is 6.35. The molecule has 0 radical (unpaired) electrons. The molecule has 1 heterocycles. The second-order valence-electron chi connectivity index (χ2n) is 4.05. The summed E-state index contributed by atoms with van der Waals surface area (Å²) in [6, 6.07) is 4.69. The number of rotatable bonds is 3. The Labute approximate surface area is 104 Å². The highest BCUT2D eigenvalue weighted by atomic mass is 35.5. The summed E-state index contributed by atoms with van der Waals surface area (Å²) in [5.74, 6) is -0.996. The molecule has 0 aliphatic carbocycles. The van der Waals surface area contributed by atoms with Crippen molar-refractivity contribution in [2.24, 2.45) is 12.8 Å². The van der Waals surface area contributed by atoms with Crippen molar-refractivity contribution in [3.05, 3.63) is 35.0 Å². The topological polar surface area (TPSA) is 68.2 Å². The van der Waals surface area contributed by atoms with Crippen molar-refractivity contribution < 1.29 is 9.90 Å². The van der Waals surface area contributed by atoms with Crippen LogP contribution in [0, 0.1) is 0 Å². The molecule has 3 N–H and O–H groups in total. The van der Waals surface area contributed by atoms with E-state index in [9.17, 15) is 4.79 Å². The zero-order valence-corrected chi connectivity index (χ0v) is 10.1. The average Bonchev–Trinajstić information content (AvgIpc) is 2.57. The summed E-state index contributed by atoms with van der Waals surface area (Å²) >= 11 is 6.11. The zero-order chi connectivity index (χ0) is 12.6. The molecule has 17 heavy (non-hydrogen) atoms. The summed E-state index contributed by atoms with van der Waals surface area (Å²) < 4.78 is 1.89. The fraction of sp³-hybridized carbons (Fsp3) is 0.250. The third kappa shape index (κ3) is 2.14. The monoisotopic (exact) mass is 252 g/mol. The maximum absolute atomic E-state index is 10.8. The Morgan fingerprint density at radius 1 is 1.59 bits per heavy atom. The molecule has 90 valence electrons. The van der Waals surface area contributed by atoms with Gasteiger partial charge in [-0.05, 0) is 11.6 Å². The summed E-state index contributed by atoms with van der Waals surface area (Å²) in [7, 11) is 1.88. The Hall–Kier alpha value is -1.52. The lowest BCUT2D eigenvalue weighted by Crippen LogP contribution is -2.32. The number of nitrogens with zero attached hydrogens (tertiary/aromatic N) is 1. The lowest BCUT2D eigenvalue weighted by Gasteiger charge is -2.04. The molecule has 0 bridgehead atoms. The average molecular weight is 253 g/mol. The van der Waals surface area contributed by atoms with Crippen LogP contribution in [0.4, 0.5) is 0 Å². The minimum absolute atomic E-state index is 0.299. The number of carbonyl (C=O) groups is 1. The standard InChI is InChI=1S/C12H13ClN2O2/c1-15-6-7(5-10(14)12(16)17)8-3-2-4-9(13)11(8)15/h2-4,6,10H,5,14H2,1H3,(H,16,17). The van der Waals surface area contributed by atoms with Crippen molar-refractivity contribution in [2.45, 2.75) is 12.5 Å². The van der Waals surface area contributed by atoms with Crippen LogP contribution in [0.3, 0.4) is 0 Å². The van der Waals surface area contributed by atoms with Crippen molar-refractivity contribution in [3.63, 3.8) is 0 Å². The van der Waals surface area contributed by atoms with Gasteiger partial charge in [-0.15, -0.1) is 0 Å². The van der Waals surface area contributed by atoms with Crippen LogP contribution in [0.25, 0.3) is 10.9 Å². The molecular formula is C12H13ClN2O2. The van der Waals surface area contributed by atoms with E-state index in [1.165, 1.54) is 0 Å². The van der Waals surface area contributed by atoms with Crippen LogP contribution >= 0.6 is 11.6 Å². The molecule has 0 aliphatic rings. The Bertz CT molecular complexity index is 577. The smallest absolute Gasteiger partial charge is 0.320 e. The van der Waals surface area contributed by atoms with Gasteiger partial charge in [-0.3, -0.25) is 4.79 Å². The number of aryl methyl sites for hydroxylation is 1. The minimum atomic E-state index is -0.996. The zero-order valence-electron chi connectivity index (χ0n) is 9.35. The summed E-state index contributed by atoms with van der Waals surface area (Å²) in [6.45, 7) is 0. The van der Waals surface area contributed by atoms with Gasteiger partial charge in [-0.1, -0.05) is 23.7 Å². The number of hydrogen-bond acceptors (Lipinski definition) is 2. The summed E-state index contributed by atoms with van der Waals surface area (Å²) in [5, 5.41) is 10.4. The summed E-state index contributed by atoms with van der Waals surface area (Å²) in [5.41, 5.74) is 7.35. The first kappa shape index (κ1) is 12.0. The molecule has 0 spiro atoms. The van der Waals surface area contributed by atoms with E-state index < -0.39 is 12.0 Å². The van der Waals surface area contributed by atoms with Gasteiger partial charge in [0.25, 0.3) is 0 Å². The Balaban J connectivity index is 2.49. The van der Waals surface area contributed by atoms with E-state index in [1.807, 2.05) is 36.0 Å². The van der Waals surface area contributed by atoms with Crippen LogP contribution < -0.4 is 5.73 Å². The quantitative estimate of drug-likeness (QED) is 0.875. The molecule has 4 nitrogen and oxygen atoms in total. The number of benzene rings is 1. The second kappa shape index (κ2) is 4.39. The number of halogens is 1. The first-order valence-electron chi connectivity index (χ1n) is 5.21. The molecule has 0 amide bonds. The number of hydrogen-bond donors (Lipinski definition) is 2. The summed E-state index contributed by atoms with van der Waals surface area (Å²) in [4.78, 5) is 10.8. The van der Waals surface area contributed by atoms with Crippen LogP contribution in [-0.2, 0) is 18.3 Å². The fourth-order valence-electron chi connectivity index (χ4n) is 1.99. The number of carboxylic acids is 1. The van der Waals surface area contributed by atoms with Crippen molar-refractivity contribution in [2.75, 3.05) is 0 Å². The Morgan fingerprint density at radius 3 is 2.94 bits per heavy atom. The van der Waals surface area contributed by atoms with Gasteiger partial charge in [-0.25, -0.2) is 0 Å². The minimum Gasteiger partial charge on any atom is -0.480 e. The molecule has 1 aromatic carbocycles. The predicted octanol–water partition coefficient (Wildman–Crippen LogP) is 1.79. The molecule has 1 aromatic heterocycles. The molecule has 0 saturated carbocycles. The number of para-hydroxylation sites is 1. The van der Waals surface area contributed by atoms with Gasteiger partial charge in [-0.2, -0.15) is 0 Å². The fourth-order valence-corrected chi connectivity index (χ4v) is 2.30. The third-order valence-electron chi connectivity index (χ3n) is 2.79. The molecule has 0 fully saturated rings. The van der Waals surface area contributed by atoms with Crippen LogP contribution in [0.15, 0.2) is 24.4 Å². The molecule has 2 aromatic rings. The number of nitrogens with two attached hydrogens (primary N) is 1. The third-order valence-corrected chi connectivity index (χ3v) is 3.10. The van der Waals surface area contributed by atoms with Crippen molar-refractivity contribution in [1.82, 2.24) is 4.57 Å². The second-order valence-corrected chi connectivity index (χ2v) is 4.46. The van der Waals surface area contributed by atoms with E-state index in [0.717, 1.165) is 16.5 Å². The van der Waals surface area contributed by atoms with Crippen LogP contribution in [0.2, 0.25) is 5.02 Å². The number of carboxylic acid groups (broad SMARTS) is 1. The molecular weight excluding hydrogens is 240 g/mol. The highest BCUT2D eigenvalue weighted by Crippen LogP contribution is 2.27. The van der Waals surface area contributed by atoms with Gasteiger partial charge in [0.15, 0.2) is 0 Å². The molecule has 0 aliphatic heterocycles. The van der Waals surface area contributed by atoms with Crippen LogP contribution in [0.5, 0.6) is 0 Å². The van der Waals surface area contributed by atoms with E-state index in [0.29, 0.717) is 11.4 Å². The normalized spacial score (nSPS) is 12.9. The first-order chi connectivity index (χ1) is 8.00. The Morgan fingerprint density at radius 2 is 2.29 bits per heavy atom. The van der Waals surface area contributed by atoms with Crippen molar-refractivity contribution in [1.29, 1.82) is 0 Å². The predicted molar refractivity (Wildman–Crippen MR) is 67.2 cm³/mol. The van der Waals surface area contributed by atoms with Crippen molar-refractivity contribution in [3.8, 4) is 0 Å². The van der Waals surface area contributed by atoms with E-state index in [1.54, 1.807) is 0 Å². The number of aromatic nitrogens is 1. The van der Waals surface area contributed by atoms with Gasteiger partial charge < -0.3 is 15.4 Å². The SMILES string of the molecule is Cn1cc(CC(N)C(=O)O)c2cccc(Cl)c21. The van der Waals surface area contributed by atoms with Gasteiger partial charge in [0.2, 0.25) is 0 Å². The van der Waals surface area contributed by atoms with Gasteiger partial charge >= 0.3 is 5.97 Å². The van der Waals surface area contributed by atoms with Crippen LogP contribution in [-0.4, -0.2) is 21.7 Å². The Kier molecular flexibility index (Phi) is 3.09. The molecule has 0 saturated heterocycles. The molecule has 1 unspecified atom stereocenters. The largest absolute Gasteiger partial charge is 0.480 e. The van der Waals surface area contributed by atoms with Gasteiger partial charge in [0.1, 0.15) is 6.04 Å². The first-order valence-corrected chi connectivity index (χ1v) is 5.59. The maximum atomic E-state index is 10.8. The number of fused-ring (bicyclic) bond motifs is 1. The molecule has 2 rings (SSSR count). The highest BCUT2D eigenvalue weighted by Gasteiger charge is 2.16. The van der Waals surface area contributed by atoms with E-state index >= 15 is 0 Å². The van der Waals surface area contributed by atoms with Crippen LogP contribution in [0.1, 0.15) is 5.56 Å². The van der Waals surface area contributed by atoms with Crippen molar-refractivity contribution >= 4 is 28.5 Å². The lowest BCUT2D eigenvalue weighted by molar-refractivity contribution is -0.138.